The van der Waals surface area contributed by atoms with Crippen LogP contribution in [0, 0.1) is 0 Å². The Morgan fingerprint density at radius 1 is 0.605 bits per heavy atom. The molecule has 38 heavy (non-hydrogen) atoms. The van der Waals surface area contributed by atoms with E-state index in [-0.39, 0.29) is 11.8 Å². The minimum absolute atomic E-state index is 0.0579. The molecular weight excluding hydrogens is 472 g/mol. The first-order valence-electron chi connectivity index (χ1n) is 12.3. The molecular formula is C33H28N2O3. The summed E-state index contributed by atoms with van der Waals surface area (Å²) in [6.45, 7) is 0. The van der Waals surface area contributed by atoms with E-state index in [4.69, 9.17) is 4.74 Å². The van der Waals surface area contributed by atoms with Crippen molar-refractivity contribution < 1.29 is 14.3 Å². The zero-order valence-corrected chi connectivity index (χ0v) is 21.6. The Kier molecular flexibility index (Phi) is 6.92. The second-order valence-corrected chi connectivity index (χ2v) is 9.08. The third-order valence-electron chi connectivity index (χ3n) is 6.78. The molecule has 5 aromatic rings. The molecule has 0 aliphatic heterocycles. The minimum Gasteiger partial charge on any atom is -0.497 e. The molecule has 2 amide bonds. The molecule has 0 aromatic heterocycles. The van der Waals surface area contributed by atoms with Crippen LogP contribution in [0.25, 0.3) is 21.9 Å². The highest BCUT2D eigenvalue weighted by atomic mass is 16.5. The van der Waals surface area contributed by atoms with Gasteiger partial charge in [-0.05, 0) is 82.6 Å². The summed E-state index contributed by atoms with van der Waals surface area (Å²) < 4.78 is 5.18. The van der Waals surface area contributed by atoms with Gasteiger partial charge < -0.3 is 14.5 Å². The largest absolute Gasteiger partial charge is 0.497 e. The van der Waals surface area contributed by atoms with Crippen LogP contribution in [0.1, 0.15) is 20.7 Å². The molecule has 0 aliphatic carbocycles. The minimum atomic E-state index is -0.0942. The number of hydrogen-bond acceptors (Lipinski definition) is 3. The van der Waals surface area contributed by atoms with Gasteiger partial charge in [0.15, 0.2) is 0 Å². The van der Waals surface area contributed by atoms with Crippen LogP contribution in [0.5, 0.6) is 5.75 Å². The molecule has 0 saturated heterocycles. The molecule has 5 rings (SSSR count). The van der Waals surface area contributed by atoms with Crippen LogP contribution in [0.15, 0.2) is 115 Å². The van der Waals surface area contributed by atoms with E-state index < -0.39 is 0 Å². The maximum atomic E-state index is 13.1. The number of ether oxygens (including phenoxy) is 1. The second-order valence-electron chi connectivity index (χ2n) is 9.08. The van der Waals surface area contributed by atoms with Crippen molar-refractivity contribution in [3.05, 3.63) is 126 Å². The predicted molar refractivity (Wildman–Crippen MR) is 154 cm³/mol. The number of hydrogen-bond donors (Lipinski definition) is 0. The van der Waals surface area contributed by atoms with E-state index in [2.05, 4.69) is 6.07 Å². The zero-order valence-electron chi connectivity index (χ0n) is 21.6. The molecule has 0 fully saturated rings. The Morgan fingerprint density at radius 3 is 1.87 bits per heavy atom. The van der Waals surface area contributed by atoms with Crippen LogP contribution in [-0.4, -0.2) is 33.0 Å². The molecule has 0 spiro atoms. The maximum Gasteiger partial charge on any atom is 0.258 e. The lowest BCUT2D eigenvalue weighted by Gasteiger charge is -2.19. The number of fused-ring (bicyclic) bond motifs is 1. The molecule has 188 valence electrons. The molecule has 5 heteroatoms. The summed E-state index contributed by atoms with van der Waals surface area (Å²) >= 11 is 0. The topological polar surface area (TPSA) is 49.9 Å². The first-order valence-corrected chi connectivity index (χ1v) is 12.3. The van der Waals surface area contributed by atoms with Gasteiger partial charge in [0.25, 0.3) is 11.8 Å². The number of benzene rings is 5. The maximum absolute atomic E-state index is 13.1. The Morgan fingerprint density at radius 2 is 1.21 bits per heavy atom. The number of anilines is 2. The molecule has 0 N–H and O–H groups in total. The van der Waals surface area contributed by atoms with Gasteiger partial charge in [0.2, 0.25) is 0 Å². The number of nitrogens with zero attached hydrogens (tertiary/aromatic N) is 2. The van der Waals surface area contributed by atoms with Crippen LogP contribution in [-0.2, 0) is 0 Å². The summed E-state index contributed by atoms with van der Waals surface area (Å²) in [7, 11) is 5.16. The van der Waals surface area contributed by atoms with Gasteiger partial charge in [0.1, 0.15) is 5.75 Å². The number of carbonyl (C=O) groups is 2. The molecule has 0 atom stereocenters. The van der Waals surface area contributed by atoms with Crippen LogP contribution in [0.4, 0.5) is 11.4 Å². The van der Waals surface area contributed by atoms with Crippen molar-refractivity contribution >= 4 is 34.0 Å². The fourth-order valence-electron chi connectivity index (χ4n) is 4.54. The quantitative estimate of drug-likeness (QED) is 0.251. The van der Waals surface area contributed by atoms with Gasteiger partial charge in [-0.25, -0.2) is 0 Å². The Hall–Kier alpha value is -4.90. The highest BCUT2D eigenvalue weighted by molar-refractivity contribution is 6.09. The van der Waals surface area contributed by atoms with Gasteiger partial charge in [-0.2, -0.15) is 0 Å². The summed E-state index contributed by atoms with van der Waals surface area (Å²) in [5.74, 6) is 0.559. The lowest BCUT2D eigenvalue weighted by molar-refractivity contribution is 0.0985. The Bertz CT molecular complexity index is 1590. The number of rotatable bonds is 6. The zero-order chi connectivity index (χ0) is 26.6. The monoisotopic (exact) mass is 500 g/mol. The number of amides is 2. The van der Waals surface area contributed by atoms with E-state index in [9.17, 15) is 9.59 Å². The third-order valence-corrected chi connectivity index (χ3v) is 6.78. The lowest BCUT2D eigenvalue weighted by atomic mass is 9.96. The average Bonchev–Trinajstić information content (AvgIpc) is 2.99. The van der Waals surface area contributed by atoms with E-state index in [1.807, 2.05) is 84.9 Å². The van der Waals surface area contributed by atoms with Gasteiger partial charge >= 0.3 is 0 Å². The summed E-state index contributed by atoms with van der Waals surface area (Å²) in [4.78, 5) is 29.4. The normalized spacial score (nSPS) is 10.7. The van der Waals surface area contributed by atoms with Crippen molar-refractivity contribution in [1.29, 1.82) is 0 Å². The highest BCUT2D eigenvalue weighted by Gasteiger charge is 2.16. The van der Waals surface area contributed by atoms with Crippen molar-refractivity contribution in [3.8, 4) is 16.9 Å². The molecule has 0 saturated carbocycles. The standard InChI is InChI=1S/C33H28N2O3/c1-34(27-9-5-4-6-10-27)33(37)26-16-21-31-25(22-26)8-7-11-30(31)23-12-17-28(18-13-23)35(2)32(36)24-14-19-29(38-3)20-15-24/h4-22H,1-3H3. The summed E-state index contributed by atoms with van der Waals surface area (Å²) in [5, 5.41) is 2.05. The molecule has 0 heterocycles. The van der Waals surface area contributed by atoms with E-state index in [1.165, 1.54) is 0 Å². The Labute approximate surface area is 222 Å². The lowest BCUT2D eigenvalue weighted by Crippen LogP contribution is -2.26. The fourth-order valence-corrected chi connectivity index (χ4v) is 4.54. The summed E-state index contributed by atoms with van der Waals surface area (Å²) in [6, 6.07) is 36.5. The third kappa shape index (κ3) is 4.87. The average molecular weight is 501 g/mol. The van der Waals surface area contributed by atoms with E-state index in [0.717, 1.165) is 33.3 Å². The smallest absolute Gasteiger partial charge is 0.258 e. The van der Waals surface area contributed by atoms with Gasteiger partial charge in [-0.3, -0.25) is 9.59 Å². The van der Waals surface area contributed by atoms with Crippen LogP contribution in [0.2, 0.25) is 0 Å². The fraction of sp³-hybridized carbons (Fsp3) is 0.0909. The predicted octanol–water partition coefficient (Wildman–Crippen LogP) is 7.07. The number of para-hydroxylation sites is 1. The van der Waals surface area contributed by atoms with E-state index in [0.29, 0.717) is 16.9 Å². The Balaban J connectivity index is 1.39. The van der Waals surface area contributed by atoms with E-state index >= 15 is 0 Å². The van der Waals surface area contributed by atoms with Gasteiger partial charge in [-0.1, -0.05) is 54.6 Å². The van der Waals surface area contributed by atoms with Crippen molar-refractivity contribution in [1.82, 2.24) is 0 Å². The second kappa shape index (κ2) is 10.6. The molecule has 5 aromatic carbocycles. The van der Waals surface area contributed by atoms with Gasteiger partial charge in [0.05, 0.1) is 7.11 Å². The molecule has 0 bridgehead atoms. The first kappa shape index (κ1) is 24.8. The highest BCUT2D eigenvalue weighted by Crippen LogP contribution is 2.31. The van der Waals surface area contributed by atoms with Crippen LogP contribution in [0.3, 0.4) is 0 Å². The van der Waals surface area contributed by atoms with Crippen molar-refractivity contribution in [2.75, 3.05) is 31.0 Å². The first-order chi connectivity index (χ1) is 18.5. The summed E-state index contributed by atoms with van der Waals surface area (Å²) in [6.07, 6.45) is 0. The number of methoxy groups -OCH3 is 1. The van der Waals surface area contributed by atoms with Gasteiger partial charge in [-0.15, -0.1) is 0 Å². The molecule has 5 nitrogen and oxygen atoms in total. The van der Waals surface area contributed by atoms with Crippen molar-refractivity contribution in [3.63, 3.8) is 0 Å². The van der Waals surface area contributed by atoms with Gasteiger partial charge in [0, 0.05) is 36.6 Å². The van der Waals surface area contributed by atoms with Crippen molar-refractivity contribution in [2.24, 2.45) is 0 Å². The summed E-state index contributed by atoms with van der Waals surface area (Å²) in [5.41, 5.74) is 4.97. The van der Waals surface area contributed by atoms with Crippen LogP contribution >= 0.6 is 0 Å². The number of carbonyl (C=O) groups excluding carboxylic acids is 2. The molecule has 0 radical (unpaired) electrons. The van der Waals surface area contributed by atoms with E-state index in [1.54, 1.807) is 55.3 Å². The van der Waals surface area contributed by atoms with Crippen molar-refractivity contribution in [2.45, 2.75) is 0 Å². The molecule has 0 aliphatic rings. The SMILES string of the molecule is COc1ccc(C(=O)N(C)c2ccc(-c3cccc4cc(C(=O)N(C)c5ccccc5)ccc34)cc2)cc1. The molecule has 0 unspecified atom stereocenters. The van der Waals surface area contributed by atoms with Crippen LogP contribution < -0.4 is 14.5 Å².